The molecule has 4 amide bonds. The van der Waals surface area contributed by atoms with E-state index in [1.807, 2.05) is 126 Å². The Bertz CT molecular complexity index is 3320. The number of aromatic nitrogens is 2. The maximum Gasteiger partial charge on any atom is 0.274 e. The average Bonchev–Trinajstić information content (AvgIpc) is 4.30. The van der Waals surface area contributed by atoms with E-state index in [4.69, 9.17) is 30.5 Å². The van der Waals surface area contributed by atoms with Gasteiger partial charge in [0.05, 0.1) is 44.7 Å². The molecule has 8 rings (SSSR count). The Kier molecular flexibility index (Phi) is 21.6. The molecule has 5 N–H and O–H groups in total. The van der Waals surface area contributed by atoms with Gasteiger partial charge in [0.15, 0.2) is 5.78 Å². The Morgan fingerprint density at radius 1 is 0.780 bits per heavy atom. The van der Waals surface area contributed by atoms with Gasteiger partial charge in [0.2, 0.25) is 17.7 Å². The van der Waals surface area contributed by atoms with Gasteiger partial charge in [-0.15, -0.1) is 11.6 Å². The van der Waals surface area contributed by atoms with Crippen LogP contribution in [0.3, 0.4) is 0 Å². The summed E-state index contributed by atoms with van der Waals surface area (Å²) in [5.74, 6) is -0.385. The fourth-order valence-electron chi connectivity index (χ4n) is 10.2. The predicted octanol–water partition coefficient (Wildman–Crippen LogP) is 8.65. The number of rotatable bonds is 31. The van der Waals surface area contributed by atoms with Crippen molar-refractivity contribution >= 4 is 85.0 Å². The Balaban J connectivity index is 0.751. The van der Waals surface area contributed by atoms with Gasteiger partial charge >= 0.3 is 0 Å². The first-order valence-electron chi connectivity index (χ1n) is 28.2. The molecule has 7 aromatic rings. The first kappa shape index (κ1) is 60.8. The maximum atomic E-state index is 14.3. The standard InChI is InChI=1S/C63H78ClN9O9/c1-41(2)61(69-59(76)23-27-79-30-31-80-28-24-66-58(75)22-25-72-48(39-71(7)65-4)33-44-12-8-11-15-54(44)72)56(74)32-42(3)62(77)67-47-18-16-43(17-19-47)40-82-57-36-55-60(51-14-10-9-13-50(51)57)46(37-64)38-73(55)63(78)53-35-45-34-49(20-21-52(45)68-53)81-29-26-70(5)6/h8-21,33-36,41-42,46,61,65,68H,22-32,37-40H2,1-7H3,(H,66,75)(H,67,77)(H,69,76)/t42-,46-,61+/m1/s1. The van der Waals surface area contributed by atoms with Crippen molar-refractivity contribution in [1.82, 2.24) is 35.5 Å². The van der Waals surface area contributed by atoms with Gasteiger partial charge in [-0.2, -0.15) is 0 Å². The lowest BCUT2D eigenvalue weighted by Gasteiger charge is -2.23. The number of likely N-dealkylation sites (N-methyl/N-ethyl adjacent to an activating group) is 1. The van der Waals surface area contributed by atoms with Crippen LogP contribution in [-0.4, -0.2) is 142 Å². The number of nitrogens with one attached hydrogen (secondary N) is 5. The minimum Gasteiger partial charge on any atom is -0.492 e. The average molecular weight is 1140 g/mol. The first-order chi connectivity index (χ1) is 39.6. The van der Waals surface area contributed by atoms with Crippen molar-refractivity contribution in [2.24, 2.45) is 11.8 Å². The van der Waals surface area contributed by atoms with Crippen molar-refractivity contribution < 1.29 is 42.9 Å². The van der Waals surface area contributed by atoms with Gasteiger partial charge in [-0.1, -0.05) is 75.4 Å². The lowest BCUT2D eigenvalue weighted by molar-refractivity contribution is -0.131. The second kappa shape index (κ2) is 29.1. The number of aryl methyl sites for hydroxylation is 1. The van der Waals surface area contributed by atoms with Crippen LogP contribution in [0, 0.1) is 11.8 Å². The number of halogens is 1. The summed E-state index contributed by atoms with van der Waals surface area (Å²) in [6.07, 6.45) is 0.320. The zero-order valence-electron chi connectivity index (χ0n) is 48.1. The number of hydrazine groups is 1. The highest BCUT2D eigenvalue weighted by molar-refractivity contribution is 6.19. The van der Waals surface area contributed by atoms with Crippen molar-refractivity contribution in [2.75, 3.05) is 97.0 Å². The number of hydrogen-bond acceptors (Lipinski definition) is 12. The van der Waals surface area contributed by atoms with Crippen LogP contribution < -0.4 is 35.7 Å². The van der Waals surface area contributed by atoms with Crippen LogP contribution in [0.2, 0.25) is 0 Å². The number of hydrogen-bond donors (Lipinski definition) is 5. The number of H-pyrrole nitrogens is 1. The van der Waals surface area contributed by atoms with Crippen molar-refractivity contribution in [1.29, 1.82) is 0 Å². The van der Waals surface area contributed by atoms with Gasteiger partial charge in [-0.3, -0.25) is 29.4 Å². The first-order valence-corrected chi connectivity index (χ1v) is 28.7. The van der Waals surface area contributed by atoms with Crippen LogP contribution in [0.15, 0.2) is 109 Å². The smallest absolute Gasteiger partial charge is 0.274 e. The summed E-state index contributed by atoms with van der Waals surface area (Å²) in [5.41, 5.74) is 9.80. The monoisotopic (exact) mass is 1140 g/mol. The molecule has 0 bridgehead atoms. The molecule has 0 aliphatic carbocycles. The number of amides is 4. The Morgan fingerprint density at radius 3 is 2.27 bits per heavy atom. The summed E-state index contributed by atoms with van der Waals surface area (Å²) in [4.78, 5) is 74.0. The summed E-state index contributed by atoms with van der Waals surface area (Å²) in [5, 5.41) is 14.6. The number of anilines is 2. The molecule has 436 valence electrons. The van der Waals surface area contributed by atoms with Crippen LogP contribution in [0.4, 0.5) is 11.4 Å². The van der Waals surface area contributed by atoms with Crippen LogP contribution >= 0.6 is 11.6 Å². The highest BCUT2D eigenvalue weighted by Crippen LogP contribution is 2.46. The van der Waals surface area contributed by atoms with Gasteiger partial charge in [-0.25, -0.2) is 5.01 Å². The third-order valence-corrected chi connectivity index (χ3v) is 15.1. The molecule has 3 heterocycles. The zero-order chi connectivity index (χ0) is 58.3. The molecule has 0 saturated carbocycles. The van der Waals surface area contributed by atoms with Crippen LogP contribution in [0.5, 0.6) is 11.5 Å². The molecule has 1 aliphatic rings. The fourth-order valence-corrected chi connectivity index (χ4v) is 10.4. The van der Waals surface area contributed by atoms with Crippen molar-refractivity contribution in [3.63, 3.8) is 0 Å². The summed E-state index contributed by atoms with van der Waals surface area (Å²) in [6, 6.07) is 34.4. The number of carbonyl (C=O) groups excluding carboxylic acids is 5. The van der Waals surface area contributed by atoms with E-state index in [0.29, 0.717) is 75.4 Å². The van der Waals surface area contributed by atoms with E-state index in [0.717, 1.165) is 67.4 Å². The number of ketones is 1. The number of para-hydroxylation sites is 1. The second-order valence-electron chi connectivity index (χ2n) is 21.5. The molecular formula is C63H78ClN9O9. The number of nitrogens with zero attached hydrogens (tertiary/aromatic N) is 4. The molecule has 0 unspecified atom stereocenters. The minimum atomic E-state index is -0.773. The largest absolute Gasteiger partial charge is 0.492 e. The van der Waals surface area contributed by atoms with E-state index in [2.05, 4.69) is 54.0 Å². The fraction of sp³-hybridized carbons (Fsp3) is 0.413. The zero-order valence-corrected chi connectivity index (χ0v) is 48.9. The molecule has 0 spiro atoms. The van der Waals surface area contributed by atoms with Gasteiger partial charge in [0, 0.05) is 109 Å². The van der Waals surface area contributed by atoms with Gasteiger partial charge in [0.1, 0.15) is 30.4 Å². The lowest BCUT2D eigenvalue weighted by atomic mass is 9.92. The van der Waals surface area contributed by atoms with E-state index in [1.54, 1.807) is 24.0 Å². The van der Waals surface area contributed by atoms with Gasteiger partial charge < -0.3 is 54.2 Å². The molecule has 19 heteroatoms. The Morgan fingerprint density at radius 2 is 1.52 bits per heavy atom. The molecule has 0 saturated heterocycles. The lowest BCUT2D eigenvalue weighted by Crippen LogP contribution is -2.45. The van der Waals surface area contributed by atoms with Crippen LogP contribution in [-0.2, 0) is 48.3 Å². The third-order valence-electron chi connectivity index (χ3n) is 14.7. The maximum absolute atomic E-state index is 14.3. The minimum absolute atomic E-state index is 0.0497. The third kappa shape index (κ3) is 15.8. The van der Waals surface area contributed by atoms with Gasteiger partial charge in [-0.05, 0) is 97.5 Å². The number of ether oxygens (including phenoxy) is 4. The van der Waals surface area contributed by atoms with Crippen LogP contribution in [0.25, 0.3) is 32.6 Å². The molecule has 82 heavy (non-hydrogen) atoms. The number of benzene rings is 5. The van der Waals surface area contributed by atoms with E-state index in [-0.39, 0.29) is 73.9 Å². The molecule has 2 aromatic heterocycles. The molecule has 0 fully saturated rings. The molecule has 5 aromatic carbocycles. The molecule has 0 radical (unpaired) electrons. The summed E-state index contributed by atoms with van der Waals surface area (Å²) < 4.78 is 25.9. The predicted molar refractivity (Wildman–Crippen MR) is 323 cm³/mol. The highest BCUT2D eigenvalue weighted by atomic mass is 35.5. The Labute approximate surface area is 485 Å². The number of aromatic amines is 1. The van der Waals surface area contributed by atoms with Crippen molar-refractivity contribution in [3.05, 3.63) is 132 Å². The SMILES string of the molecule is CNN(C)Cc1cc2ccccc2n1CCC(=O)NCCOCCOCCC(=O)N[C@H](C(=O)C[C@@H](C)C(=O)Nc1ccc(COc2cc3c(c4ccccc24)[C@H](CCl)CN3C(=O)c2cc3cc(OCCN(C)C)ccc3[nH]2)cc1)C(C)C. The van der Waals surface area contributed by atoms with E-state index >= 15 is 0 Å². The van der Waals surface area contributed by atoms with E-state index in [1.165, 1.54) is 0 Å². The molecule has 1 aliphatic heterocycles. The number of fused-ring (bicyclic) bond motifs is 5. The quantitative estimate of drug-likeness (QED) is 0.0158. The molecule has 3 atom stereocenters. The topological polar surface area (TPSA) is 201 Å². The van der Waals surface area contributed by atoms with Gasteiger partial charge in [0.25, 0.3) is 5.91 Å². The summed E-state index contributed by atoms with van der Waals surface area (Å²) >= 11 is 6.60. The van der Waals surface area contributed by atoms with Crippen molar-refractivity contribution in [2.45, 2.75) is 71.7 Å². The normalized spacial score (nSPS) is 14.0. The molecule has 18 nitrogen and oxygen atoms in total. The van der Waals surface area contributed by atoms with Crippen LogP contribution in [0.1, 0.15) is 73.3 Å². The summed E-state index contributed by atoms with van der Waals surface area (Å²) in [6.45, 7) is 9.99. The molecular weight excluding hydrogens is 1060 g/mol. The van der Waals surface area contributed by atoms with Crippen molar-refractivity contribution in [3.8, 4) is 11.5 Å². The summed E-state index contributed by atoms with van der Waals surface area (Å²) in [7, 11) is 7.84. The van der Waals surface area contributed by atoms with E-state index in [9.17, 15) is 24.0 Å². The number of Topliss-reactive ketones (excluding diaryl/α,β-unsaturated/α-hetero) is 1. The Hall–Kier alpha value is -7.32. The number of carbonyl (C=O) groups is 5. The second-order valence-corrected chi connectivity index (χ2v) is 21.8. The van der Waals surface area contributed by atoms with E-state index < -0.39 is 12.0 Å². The number of alkyl halides is 1. The highest BCUT2D eigenvalue weighted by Gasteiger charge is 2.36.